The summed E-state index contributed by atoms with van der Waals surface area (Å²) in [5.74, 6) is -0.0000158. The lowest BCUT2D eigenvalue weighted by Gasteiger charge is -2.20. The highest BCUT2D eigenvalue weighted by molar-refractivity contribution is 6.09. The first-order valence-corrected chi connectivity index (χ1v) is 8.55. The summed E-state index contributed by atoms with van der Waals surface area (Å²) in [5.41, 5.74) is 9.01. The lowest BCUT2D eigenvalue weighted by Crippen LogP contribution is -2.27. The standard InChI is InChI=1S/C17H25N5O.ClH/c1-4-6-7-9-22-16-12(10-19-22)14(18)13-15(20-16)11(3)21(8-5-2)17(13)23;/h10-11H,4-9H2,1-3H3,(H2,18,20);1H. The van der Waals surface area contributed by atoms with Gasteiger partial charge in [0.1, 0.15) is 0 Å². The van der Waals surface area contributed by atoms with Gasteiger partial charge in [-0.05, 0) is 19.8 Å². The first kappa shape index (κ1) is 18.5. The number of amides is 1. The number of unbranched alkanes of at least 4 members (excludes halogenated alkanes) is 2. The summed E-state index contributed by atoms with van der Waals surface area (Å²) in [4.78, 5) is 19.3. The Labute approximate surface area is 148 Å². The molecule has 2 N–H and O–H groups in total. The fraction of sp³-hybridized carbons (Fsp3) is 0.588. The third-order valence-electron chi connectivity index (χ3n) is 4.63. The van der Waals surface area contributed by atoms with Gasteiger partial charge in [0.25, 0.3) is 5.91 Å². The normalized spacial score (nSPS) is 16.5. The molecular formula is C17H26ClN5O. The van der Waals surface area contributed by atoms with Crippen LogP contribution in [0.15, 0.2) is 6.20 Å². The van der Waals surface area contributed by atoms with Crippen LogP contribution in [0.4, 0.5) is 5.69 Å². The Bertz CT molecular complexity index is 742. The molecule has 1 atom stereocenters. The van der Waals surface area contributed by atoms with Crippen LogP contribution >= 0.6 is 12.4 Å². The number of nitrogens with zero attached hydrogens (tertiary/aromatic N) is 4. The van der Waals surface area contributed by atoms with Gasteiger partial charge in [0, 0.05) is 13.1 Å². The van der Waals surface area contributed by atoms with Gasteiger partial charge >= 0.3 is 0 Å². The summed E-state index contributed by atoms with van der Waals surface area (Å²) in [6, 6.07) is -0.0249. The molecule has 6 nitrogen and oxygen atoms in total. The summed E-state index contributed by atoms with van der Waals surface area (Å²) < 4.78 is 1.92. The van der Waals surface area contributed by atoms with Gasteiger partial charge < -0.3 is 10.6 Å². The summed E-state index contributed by atoms with van der Waals surface area (Å²) in [6.45, 7) is 7.84. The second-order valence-electron chi connectivity index (χ2n) is 6.27. The Balaban J connectivity index is 0.00000208. The number of fused-ring (bicyclic) bond motifs is 2. The molecule has 1 unspecified atom stereocenters. The minimum atomic E-state index is -0.0249. The van der Waals surface area contributed by atoms with E-state index in [9.17, 15) is 4.79 Å². The van der Waals surface area contributed by atoms with Gasteiger partial charge in [-0.15, -0.1) is 12.4 Å². The summed E-state index contributed by atoms with van der Waals surface area (Å²) in [7, 11) is 0. The summed E-state index contributed by atoms with van der Waals surface area (Å²) in [5, 5.41) is 5.21. The first-order valence-electron chi connectivity index (χ1n) is 8.55. The van der Waals surface area contributed by atoms with Crippen LogP contribution in [0.5, 0.6) is 0 Å². The Morgan fingerprint density at radius 3 is 2.62 bits per heavy atom. The Hall–Kier alpha value is -1.82. The summed E-state index contributed by atoms with van der Waals surface area (Å²) >= 11 is 0. The zero-order valence-corrected chi connectivity index (χ0v) is 15.4. The van der Waals surface area contributed by atoms with Crippen molar-refractivity contribution in [1.82, 2.24) is 19.7 Å². The highest BCUT2D eigenvalue weighted by atomic mass is 35.5. The number of nitrogens with two attached hydrogens (primary N) is 1. The summed E-state index contributed by atoms with van der Waals surface area (Å²) in [6.07, 6.45) is 6.07. The van der Waals surface area contributed by atoms with Crippen molar-refractivity contribution in [3.05, 3.63) is 17.5 Å². The molecule has 0 fully saturated rings. The maximum atomic E-state index is 12.7. The monoisotopic (exact) mass is 351 g/mol. The van der Waals surface area contributed by atoms with E-state index in [2.05, 4.69) is 18.9 Å². The van der Waals surface area contributed by atoms with Gasteiger partial charge in [-0.1, -0.05) is 26.7 Å². The van der Waals surface area contributed by atoms with Gasteiger partial charge in [0.15, 0.2) is 5.65 Å². The molecule has 0 aliphatic carbocycles. The maximum absolute atomic E-state index is 12.7. The second-order valence-corrected chi connectivity index (χ2v) is 6.27. The molecule has 0 bridgehead atoms. The van der Waals surface area contributed by atoms with Crippen molar-refractivity contribution >= 4 is 35.0 Å². The van der Waals surface area contributed by atoms with Gasteiger partial charge in [-0.3, -0.25) is 4.79 Å². The average Bonchev–Trinajstić information content (AvgIpc) is 3.04. The predicted molar refractivity (Wildman–Crippen MR) is 98.5 cm³/mol. The van der Waals surface area contributed by atoms with E-state index in [1.807, 2.05) is 16.5 Å². The fourth-order valence-corrected chi connectivity index (χ4v) is 3.33. The van der Waals surface area contributed by atoms with Gasteiger partial charge in [-0.25, -0.2) is 9.67 Å². The quantitative estimate of drug-likeness (QED) is 0.807. The number of hydrogen-bond donors (Lipinski definition) is 1. The van der Waals surface area contributed by atoms with Crippen LogP contribution in [0.25, 0.3) is 11.0 Å². The van der Waals surface area contributed by atoms with Gasteiger partial charge in [0.05, 0.1) is 34.6 Å². The Morgan fingerprint density at radius 1 is 1.21 bits per heavy atom. The number of carbonyl (C=O) groups excluding carboxylic acids is 1. The molecule has 132 valence electrons. The van der Waals surface area contributed by atoms with E-state index in [0.717, 1.165) is 42.7 Å². The molecule has 0 aromatic carbocycles. The van der Waals surface area contributed by atoms with E-state index in [1.165, 1.54) is 12.8 Å². The van der Waals surface area contributed by atoms with Crippen molar-refractivity contribution in [3.63, 3.8) is 0 Å². The molecule has 7 heteroatoms. The SMILES string of the molecule is CCCCCn1ncc2c(N)c3c(nc21)C(C)N(CCC)C3=O.Cl. The van der Waals surface area contributed by atoms with Crippen LogP contribution in [0.2, 0.25) is 0 Å². The molecule has 24 heavy (non-hydrogen) atoms. The molecule has 2 aromatic rings. The molecule has 0 radical (unpaired) electrons. The van der Waals surface area contributed by atoms with Crippen LogP contribution < -0.4 is 5.73 Å². The van der Waals surface area contributed by atoms with E-state index >= 15 is 0 Å². The van der Waals surface area contributed by atoms with Crippen LogP contribution in [0.3, 0.4) is 0 Å². The van der Waals surface area contributed by atoms with E-state index in [1.54, 1.807) is 6.20 Å². The predicted octanol–water partition coefficient (Wildman–Crippen LogP) is 3.55. The van der Waals surface area contributed by atoms with E-state index in [4.69, 9.17) is 10.7 Å². The zero-order chi connectivity index (χ0) is 16.6. The third kappa shape index (κ3) is 2.83. The third-order valence-corrected chi connectivity index (χ3v) is 4.63. The smallest absolute Gasteiger partial charge is 0.258 e. The van der Waals surface area contributed by atoms with E-state index in [-0.39, 0.29) is 24.4 Å². The number of hydrogen-bond acceptors (Lipinski definition) is 4. The number of pyridine rings is 1. The highest BCUT2D eigenvalue weighted by Crippen LogP contribution is 2.38. The van der Waals surface area contributed by atoms with E-state index in [0.29, 0.717) is 11.3 Å². The molecule has 3 rings (SSSR count). The zero-order valence-electron chi connectivity index (χ0n) is 14.6. The first-order chi connectivity index (χ1) is 11.1. The number of aryl methyl sites for hydroxylation is 1. The highest BCUT2D eigenvalue weighted by Gasteiger charge is 2.37. The number of rotatable bonds is 6. The molecule has 0 spiro atoms. The van der Waals surface area contributed by atoms with Crippen LogP contribution in [-0.2, 0) is 6.54 Å². The molecular weight excluding hydrogens is 326 g/mol. The molecule has 2 aromatic heterocycles. The topological polar surface area (TPSA) is 77.0 Å². The van der Waals surface area contributed by atoms with Crippen LogP contribution in [0.1, 0.15) is 68.5 Å². The number of anilines is 1. The maximum Gasteiger partial charge on any atom is 0.258 e. The Kier molecular flexibility index (Phi) is 5.70. The number of carbonyl (C=O) groups is 1. The molecule has 3 heterocycles. The van der Waals surface area contributed by atoms with Crippen molar-refractivity contribution < 1.29 is 4.79 Å². The van der Waals surface area contributed by atoms with Gasteiger partial charge in [-0.2, -0.15) is 5.10 Å². The van der Waals surface area contributed by atoms with Gasteiger partial charge in [0.2, 0.25) is 0 Å². The molecule has 1 aliphatic rings. The minimum Gasteiger partial charge on any atom is -0.397 e. The Morgan fingerprint density at radius 2 is 1.96 bits per heavy atom. The van der Waals surface area contributed by atoms with Crippen molar-refractivity contribution in [1.29, 1.82) is 0 Å². The largest absolute Gasteiger partial charge is 0.397 e. The van der Waals surface area contributed by atoms with Crippen molar-refractivity contribution in [2.24, 2.45) is 0 Å². The van der Waals surface area contributed by atoms with Crippen LogP contribution in [0, 0.1) is 0 Å². The number of nitrogen functional groups attached to an aromatic ring is 1. The lowest BCUT2D eigenvalue weighted by molar-refractivity contribution is 0.0737. The lowest BCUT2D eigenvalue weighted by atomic mass is 10.1. The van der Waals surface area contributed by atoms with Crippen LogP contribution in [-0.4, -0.2) is 32.1 Å². The van der Waals surface area contributed by atoms with Crippen molar-refractivity contribution in [2.45, 2.75) is 59.0 Å². The average molecular weight is 352 g/mol. The second kappa shape index (κ2) is 7.38. The molecule has 0 saturated heterocycles. The number of halogens is 1. The molecule has 0 saturated carbocycles. The molecule has 1 aliphatic heterocycles. The van der Waals surface area contributed by atoms with Crippen molar-refractivity contribution in [2.75, 3.05) is 12.3 Å². The number of aromatic nitrogens is 3. The molecule has 1 amide bonds. The fourth-order valence-electron chi connectivity index (χ4n) is 3.33. The minimum absolute atomic E-state index is 0. The van der Waals surface area contributed by atoms with E-state index < -0.39 is 0 Å². The van der Waals surface area contributed by atoms with Crippen molar-refractivity contribution in [3.8, 4) is 0 Å².